The van der Waals surface area contributed by atoms with Gasteiger partial charge in [-0.1, -0.05) is 11.6 Å². The predicted molar refractivity (Wildman–Crippen MR) is 84.0 cm³/mol. The Morgan fingerprint density at radius 2 is 2.10 bits per heavy atom. The van der Waals surface area contributed by atoms with Gasteiger partial charge in [0, 0.05) is 5.56 Å². The zero-order chi connectivity index (χ0) is 15.1. The first-order valence-corrected chi connectivity index (χ1v) is 7.40. The van der Waals surface area contributed by atoms with Crippen LogP contribution in [0.3, 0.4) is 0 Å². The number of anilines is 1. The van der Waals surface area contributed by atoms with Crippen molar-refractivity contribution in [2.45, 2.75) is 13.8 Å². The summed E-state index contributed by atoms with van der Waals surface area (Å²) in [6, 6.07) is 4.21. The van der Waals surface area contributed by atoms with Crippen molar-refractivity contribution in [1.82, 2.24) is 15.2 Å². The van der Waals surface area contributed by atoms with Gasteiger partial charge >= 0.3 is 0 Å². The number of thiazole rings is 1. The Hall–Kier alpha value is -1.92. The molecule has 0 fully saturated rings. The minimum atomic E-state index is -0.391. The van der Waals surface area contributed by atoms with E-state index >= 15 is 0 Å². The number of nitrogens with one attached hydrogen (secondary N) is 1. The van der Waals surface area contributed by atoms with Crippen molar-refractivity contribution in [1.29, 1.82) is 0 Å². The van der Waals surface area contributed by atoms with Gasteiger partial charge in [-0.25, -0.2) is 9.37 Å². The number of halogens is 2. The molecule has 0 aliphatic heterocycles. The van der Waals surface area contributed by atoms with E-state index in [9.17, 15) is 4.39 Å². The van der Waals surface area contributed by atoms with Crippen molar-refractivity contribution in [2.24, 2.45) is 0 Å². The molecule has 0 unspecified atom stereocenters. The Morgan fingerprint density at radius 1 is 1.33 bits per heavy atom. The van der Waals surface area contributed by atoms with Crippen LogP contribution in [0.5, 0.6) is 0 Å². The molecule has 0 atom stereocenters. The summed E-state index contributed by atoms with van der Waals surface area (Å²) in [6.45, 7) is 3.86. The molecule has 4 nitrogen and oxygen atoms in total. The standard InChI is InChI=1S/C14H12ClFN4S/c1-6-13(21-7(2)18-6)12-11(14(17)20-19-12)9-4-3-8(16)5-10(9)15/h3-5H,1-2H3,(H3,17,19,20). The number of benzene rings is 1. The first-order valence-electron chi connectivity index (χ1n) is 6.21. The molecule has 2 heterocycles. The van der Waals surface area contributed by atoms with Crippen LogP contribution in [0.2, 0.25) is 5.02 Å². The van der Waals surface area contributed by atoms with Gasteiger partial charge in [-0.05, 0) is 32.0 Å². The van der Waals surface area contributed by atoms with E-state index in [1.54, 1.807) is 17.4 Å². The van der Waals surface area contributed by atoms with Crippen LogP contribution in [-0.4, -0.2) is 15.2 Å². The van der Waals surface area contributed by atoms with E-state index < -0.39 is 5.82 Å². The molecule has 3 aromatic rings. The molecule has 0 spiro atoms. The molecule has 0 bridgehead atoms. The van der Waals surface area contributed by atoms with Gasteiger partial charge in [0.2, 0.25) is 0 Å². The number of rotatable bonds is 2. The van der Waals surface area contributed by atoms with Gasteiger partial charge in [0.15, 0.2) is 5.82 Å². The average Bonchev–Trinajstić information content (AvgIpc) is 2.93. The Bertz CT molecular complexity index is 824. The molecule has 0 saturated carbocycles. The highest BCUT2D eigenvalue weighted by Crippen LogP contribution is 2.41. The van der Waals surface area contributed by atoms with Gasteiger partial charge in [-0.15, -0.1) is 11.3 Å². The van der Waals surface area contributed by atoms with Crippen molar-refractivity contribution in [3.05, 3.63) is 39.7 Å². The van der Waals surface area contributed by atoms with Crippen molar-refractivity contribution >= 4 is 28.8 Å². The lowest BCUT2D eigenvalue weighted by Gasteiger charge is -2.06. The smallest absolute Gasteiger partial charge is 0.153 e. The number of aromatic nitrogens is 3. The predicted octanol–water partition coefficient (Wildman–Crippen LogP) is 4.19. The number of hydrogen-bond acceptors (Lipinski definition) is 4. The van der Waals surface area contributed by atoms with Gasteiger partial charge in [-0.3, -0.25) is 5.10 Å². The Labute approximate surface area is 129 Å². The number of H-pyrrole nitrogens is 1. The van der Waals surface area contributed by atoms with Gasteiger partial charge in [0.25, 0.3) is 0 Å². The maximum Gasteiger partial charge on any atom is 0.153 e. The maximum atomic E-state index is 13.2. The van der Waals surface area contributed by atoms with E-state index in [-0.39, 0.29) is 0 Å². The van der Waals surface area contributed by atoms with Crippen molar-refractivity contribution in [3.63, 3.8) is 0 Å². The van der Waals surface area contributed by atoms with Crippen molar-refractivity contribution in [2.75, 3.05) is 5.73 Å². The second kappa shape index (κ2) is 5.13. The molecular weight excluding hydrogens is 311 g/mol. The molecule has 0 radical (unpaired) electrons. The fourth-order valence-corrected chi connectivity index (χ4v) is 3.43. The third-order valence-corrected chi connectivity index (χ3v) is 4.53. The number of aryl methyl sites for hydroxylation is 2. The minimum Gasteiger partial charge on any atom is -0.382 e. The van der Waals surface area contributed by atoms with E-state index in [1.807, 2.05) is 13.8 Å². The van der Waals surface area contributed by atoms with Crippen LogP contribution in [0.4, 0.5) is 10.2 Å². The van der Waals surface area contributed by atoms with E-state index in [2.05, 4.69) is 15.2 Å². The van der Waals surface area contributed by atoms with E-state index in [0.717, 1.165) is 21.3 Å². The molecule has 0 aliphatic rings. The highest BCUT2D eigenvalue weighted by Gasteiger charge is 2.20. The zero-order valence-electron chi connectivity index (χ0n) is 11.4. The fraction of sp³-hybridized carbons (Fsp3) is 0.143. The summed E-state index contributed by atoms with van der Waals surface area (Å²) in [7, 11) is 0. The van der Waals surface area contributed by atoms with Gasteiger partial charge in [0.1, 0.15) is 5.82 Å². The lowest BCUT2D eigenvalue weighted by atomic mass is 10.0. The molecule has 2 aromatic heterocycles. The molecule has 1 aromatic carbocycles. The van der Waals surface area contributed by atoms with Crippen LogP contribution >= 0.6 is 22.9 Å². The molecule has 3 N–H and O–H groups in total. The summed E-state index contributed by atoms with van der Waals surface area (Å²) >= 11 is 7.69. The fourth-order valence-electron chi connectivity index (χ4n) is 2.25. The Morgan fingerprint density at radius 3 is 2.71 bits per heavy atom. The topological polar surface area (TPSA) is 67.6 Å². The minimum absolute atomic E-state index is 0.295. The van der Waals surface area contributed by atoms with Crippen LogP contribution in [-0.2, 0) is 0 Å². The van der Waals surface area contributed by atoms with E-state index in [1.165, 1.54) is 12.1 Å². The lowest BCUT2D eigenvalue weighted by Crippen LogP contribution is -1.90. The first kappa shape index (κ1) is 14.0. The Balaban J connectivity index is 2.24. The van der Waals surface area contributed by atoms with Gasteiger partial charge in [-0.2, -0.15) is 5.10 Å². The van der Waals surface area contributed by atoms with E-state index in [0.29, 0.717) is 22.0 Å². The molecule has 108 valence electrons. The van der Waals surface area contributed by atoms with Crippen molar-refractivity contribution in [3.8, 4) is 21.7 Å². The summed E-state index contributed by atoms with van der Waals surface area (Å²) in [5.41, 5.74) is 8.92. The summed E-state index contributed by atoms with van der Waals surface area (Å²) in [5, 5.41) is 8.24. The first-order chi connectivity index (χ1) is 9.97. The molecule has 7 heteroatoms. The van der Waals surface area contributed by atoms with E-state index in [4.69, 9.17) is 17.3 Å². The van der Waals surface area contributed by atoms with Crippen LogP contribution in [0.25, 0.3) is 21.7 Å². The molecule has 0 amide bonds. The average molecular weight is 323 g/mol. The SMILES string of the molecule is Cc1nc(C)c(-c2[nH]nc(N)c2-c2ccc(F)cc2Cl)s1. The molecule has 3 rings (SSSR count). The van der Waals surface area contributed by atoms with Crippen LogP contribution in [0.15, 0.2) is 18.2 Å². The maximum absolute atomic E-state index is 13.2. The monoisotopic (exact) mass is 322 g/mol. The summed E-state index contributed by atoms with van der Waals surface area (Å²) in [5.74, 6) is -0.0684. The summed E-state index contributed by atoms with van der Waals surface area (Å²) < 4.78 is 13.2. The summed E-state index contributed by atoms with van der Waals surface area (Å²) in [4.78, 5) is 5.36. The molecule has 21 heavy (non-hydrogen) atoms. The number of nitrogen functional groups attached to an aromatic ring is 1. The van der Waals surface area contributed by atoms with Crippen molar-refractivity contribution < 1.29 is 4.39 Å². The summed E-state index contributed by atoms with van der Waals surface area (Å²) in [6.07, 6.45) is 0. The van der Waals surface area contributed by atoms with Crippen LogP contribution in [0.1, 0.15) is 10.7 Å². The second-order valence-electron chi connectivity index (χ2n) is 4.63. The normalized spacial score (nSPS) is 11.0. The molecular formula is C14H12ClFN4S. The quantitative estimate of drug-likeness (QED) is 0.743. The lowest BCUT2D eigenvalue weighted by molar-refractivity contribution is 0.628. The van der Waals surface area contributed by atoms with Crippen LogP contribution in [0, 0.1) is 19.7 Å². The number of nitrogens with zero attached hydrogens (tertiary/aromatic N) is 2. The van der Waals surface area contributed by atoms with Gasteiger partial charge < -0.3 is 5.73 Å². The largest absolute Gasteiger partial charge is 0.382 e. The highest BCUT2D eigenvalue weighted by molar-refractivity contribution is 7.15. The van der Waals surface area contributed by atoms with Crippen LogP contribution < -0.4 is 5.73 Å². The third-order valence-electron chi connectivity index (χ3n) is 3.13. The number of aromatic amines is 1. The zero-order valence-corrected chi connectivity index (χ0v) is 12.9. The molecule has 0 aliphatic carbocycles. The number of hydrogen-bond donors (Lipinski definition) is 2. The highest BCUT2D eigenvalue weighted by atomic mass is 35.5. The van der Waals surface area contributed by atoms with Gasteiger partial charge in [0.05, 0.1) is 31.9 Å². The number of nitrogens with two attached hydrogens (primary N) is 1. The third kappa shape index (κ3) is 2.41. The second-order valence-corrected chi connectivity index (χ2v) is 6.24. The Kier molecular flexibility index (Phi) is 3.43. The molecule has 0 saturated heterocycles.